The van der Waals surface area contributed by atoms with Gasteiger partial charge in [0.2, 0.25) is 5.91 Å². The molecule has 1 aliphatic heterocycles. The predicted octanol–water partition coefficient (Wildman–Crippen LogP) is 5.28. The van der Waals surface area contributed by atoms with Crippen LogP contribution in [-0.4, -0.2) is 28.7 Å². The summed E-state index contributed by atoms with van der Waals surface area (Å²) in [6.45, 7) is 0.617. The number of anilines is 1. The van der Waals surface area contributed by atoms with Crippen LogP contribution in [0.15, 0.2) is 71.0 Å². The number of amides is 1. The predicted molar refractivity (Wildman–Crippen MR) is 116 cm³/mol. The minimum absolute atomic E-state index is 0.308. The summed E-state index contributed by atoms with van der Waals surface area (Å²) < 4.78 is 47.1. The third kappa shape index (κ3) is 4.68. The first-order chi connectivity index (χ1) is 15.3. The number of nitrogens with one attached hydrogen (secondary N) is 1. The summed E-state index contributed by atoms with van der Waals surface area (Å²) in [6, 6.07) is 12.3. The highest BCUT2D eigenvalue weighted by Gasteiger charge is 2.43. The number of benzene rings is 2. The molecule has 0 spiro atoms. The van der Waals surface area contributed by atoms with Crippen LogP contribution in [0.25, 0.3) is 0 Å². The summed E-state index contributed by atoms with van der Waals surface area (Å²) in [5, 5.41) is 3.74. The van der Waals surface area contributed by atoms with Gasteiger partial charge in [-0.15, -0.1) is 0 Å². The fourth-order valence-electron chi connectivity index (χ4n) is 3.77. The van der Waals surface area contributed by atoms with E-state index in [0.29, 0.717) is 37.3 Å². The molecule has 0 saturated carbocycles. The molecule has 5 nitrogen and oxygen atoms in total. The van der Waals surface area contributed by atoms with E-state index in [1.54, 1.807) is 24.4 Å². The van der Waals surface area contributed by atoms with Crippen LogP contribution in [0.5, 0.6) is 0 Å². The topological polar surface area (TPSA) is 56.2 Å². The molecule has 1 N–H and O–H groups in total. The van der Waals surface area contributed by atoms with Crippen LogP contribution in [0.2, 0.25) is 0 Å². The lowest BCUT2D eigenvalue weighted by atomic mass is 9.73. The molecule has 168 valence electrons. The molecular weight excluding hydrogens is 439 g/mol. The standard InChI is InChI=1S/C23H22F3N3O2S/c1-29-12-11-27-21(29)32-19-7-5-18(6-8-19)28-20(30)22(9-13-31-14-10-22)16-3-2-4-17(15-16)23(24,25)26/h2-8,11-12,15H,9-10,13-14H2,1H3,(H,28,30). The zero-order valence-corrected chi connectivity index (χ0v) is 18.2. The van der Waals surface area contributed by atoms with E-state index in [4.69, 9.17) is 4.74 Å². The number of alkyl halides is 3. The highest BCUT2D eigenvalue weighted by Crippen LogP contribution is 2.39. The quantitative estimate of drug-likeness (QED) is 0.562. The first-order valence-corrected chi connectivity index (χ1v) is 10.9. The molecule has 1 aromatic heterocycles. The highest BCUT2D eigenvalue weighted by molar-refractivity contribution is 7.99. The Morgan fingerprint density at radius 3 is 2.50 bits per heavy atom. The van der Waals surface area contributed by atoms with Crippen molar-refractivity contribution in [3.63, 3.8) is 0 Å². The van der Waals surface area contributed by atoms with E-state index in [0.717, 1.165) is 22.2 Å². The average Bonchev–Trinajstić information content (AvgIpc) is 3.19. The molecule has 2 aromatic carbocycles. The molecule has 1 amide bonds. The van der Waals surface area contributed by atoms with Gasteiger partial charge in [-0.2, -0.15) is 13.2 Å². The number of carbonyl (C=O) groups is 1. The Bertz CT molecular complexity index is 1090. The maximum absolute atomic E-state index is 13.4. The van der Waals surface area contributed by atoms with E-state index in [9.17, 15) is 18.0 Å². The molecule has 0 radical (unpaired) electrons. The monoisotopic (exact) mass is 461 g/mol. The van der Waals surface area contributed by atoms with E-state index in [-0.39, 0.29) is 5.91 Å². The second-order valence-corrected chi connectivity index (χ2v) is 8.72. The van der Waals surface area contributed by atoms with Gasteiger partial charge in [0.15, 0.2) is 5.16 Å². The first-order valence-electron chi connectivity index (χ1n) is 10.1. The van der Waals surface area contributed by atoms with Crippen molar-refractivity contribution in [1.82, 2.24) is 9.55 Å². The number of nitrogens with zero attached hydrogens (tertiary/aromatic N) is 2. The van der Waals surface area contributed by atoms with Gasteiger partial charge >= 0.3 is 6.18 Å². The molecule has 2 heterocycles. The summed E-state index contributed by atoms with van der Waals surface area (Å²) >= 11 is 1.49. The number of halogens is 3. The van der Waals surface area contributed by atoms with E-state index < -0.39 is 17.2 Å². The molecule has 4 rings (SSSR count). The zero-order chi connectivity index (χ0) is 22.8. The van der Waals surface area contributed by atoms with Gasteiger partial charge in [-0.25, -0.2) is 4.98 Å². The molecule has 1 fully saturated rings. The molecule has 0 bridgehead atoms. The maximum Gasteiger partial charge on any atom is 0.416 e. The second kappa shape index (κ2) is 8.99. The highest BCUT2D eigenvalue weighted by atomic mass is 32.2. The van der Waals surface area contributed by atoms with Gasteiger partial charge < -0.3 is 14.6 Å². The largest absolute Gasteiger partial charge is 0.416 e. The lowest BCUT2D eigenvalue weighted by Gasteiger charge is -2.36. The Kier molecular flexibility index (Phi) is 6.30. The van der Waals surface area contributed by atoms with E-state index in [1.165, 1.54) is 17.8 Å². The summed E-state index contributed by atoms with van der Waals surface area (Å²) in [5.74, 6) is -0.329. The molecule has 9 heteroatoms. The fraction of sp³-hybridized carbons (Fsp3) is 0.304. The molecule has 1 aliphatic rings. The fourth-order valence-corrected chi connectivity index (χ4v) is 4.57. The minimum atomic E-state index is -4.47. The lowest BCUT2D eigenvalue weighted by molar-refractivity contribution is -0.138. The van der Waals surface area contributed by atoms with E-state index >= 15 is 0 Å². The van der Waals surface area contributed by atoms with Crippen LogP contribution in [0.3, 0.4) is 0 Å². The minimum Gasteiger partial charge on any atom is -0.381 e. The Morgan fingerprint density at radius 2 is 1.88 bits per heavy atom. The number of rotatable bonds is 5. The summed E-state index contributed by atoms with van der Waals surface area (Å²) in [4.78, 5) is 18.6. The Balaban J connectivity index is 1.56. The van der Waals surface area contributed by atoms with Crippen LogP contribution in [-0.2, 0) is 28.2 Å². The van der Waals surface area contributed by atoms with Crippen molar-refractivity contribution in [2.75, 3.05) is 18.5 Å². The summed E-state index contributed by atoms with van der Waals surface area (Å²) in [5.41, 5.74) is -0.906. The van der Waals surface area contributed by atoms with Gasteiger partial charge in [-0.3, -0.25) is 4.79 Å². The average molecular weight is 462 g/mol. The molecule has 32 heavy (non-hydrogen) atoms. The van der Waals surface area contributed by atoms with Crippen molar-refractivity contribution in [3.05, 3.63) is 72.1 Å². The van der Waals surface area contributed by atoms with E-state index in [1.807, 2.05) is 29.9 Å². The third-order valence-electron chi connectivity index (χ3n) is 5.62. The van der Waals surface area contributed by atoms with Crippen LogP contribution < -0.4 is 5.32 Å². The first kappa shape index (κ1) is 22.4. The van der Waals surface area contributed by atoms with Gasteiger partial charge in [-0.1, -0.05) is 30.0 Å². The van der Waals surface area contributed by atoms with Crippen LogP contribution >= 0.6 is 11.8 Å². The van der Waals surface area contributed by atoms with Gasteiger partial charge in [0.1, 0.15) is 0 Å². The number of aryl methyl sites for hydroxylation is 1. The molecule has 0 aliphatic carbocycles. The van der Waals surface area contributed by atoms with Crippen molar-refractivity contribution in [2.45, 2.75) is 34.5 Å². The number of aromatic nitrogens is 2. The third-order valence-corrected chi connectivity index (χ3v) is 6.71. The van der Waals surface area contributed by atoms with Crippen LogP contribution in [0.1, 0.15) is 24.0 Å². The van der Waals surface area contributed by atoms with Crippen molar-refractivity contribution in [3.8, 4) is 0 Å². The second-order valence-electron chi connectivity index (χ2n) is 7.67. The van der Waals surface area contributed by atoms with Gasteiger partial charge in [0.05, 0.1) is 11.0 Å². The smallest absolute Gasteiger partial charge is 0.381 e. The maximum atomic E-state index is 13.4. The number of hydrogen-bond acceptors (Lipinski definition) is 4. The van der Waals surface area contributed by atoms with Crippen molar-refractivity contribution >= 4 is 23.4 Å². The normalized spacial score (nSPS) is 16.0. The molecule has 0 atom stereocenters. The zero-order valence-electron chi connectivity index (χ0n) is 17.4. The van der Waals surface area contributed by atoms with Crippen molar-refractivity contribution in [2.24, 2.45) is 7.05 Å². The van der Waals surface area contributed by atoms with Gasteiger partial charge in [-0.05, 0) is 48.7 Å². The summed E-state index contributed by atoms with van der Waals surface area (Å²) in [7, 11) is 1.91. The van der Waals surface area contributed by atoms with Crippen molar-refractivity contribution < 1.29 is 22.7 Å². The number of carbonyl (C=O) groups excluding carboxylic acids is 1. The number of ether oxygens (including phenoxy) is 1. The molecular formula is C23H22F3N3O2S. The number of hydrogen-bond donors (Lipinski definition) is 1. The van der Waals surface area contributed by atoms with Gasteiger partial charge in [0, 0.05) is 43.2 Å². The molecule has 1 saturated heterocycles. The van der Waals surface area contributed by atoms with Crippen molar-refractivity contribution in [1.29, 1.82) is 0 Å². The van der Waals surface area contributed by atoms with Crippen LogP contribution in [0.4, 0.5) is 18.9 Å². The summed E-state index contributed by atoms with van der Waals surface area (Å²) in [6.07, 6.45) is -0.268. The Hall–Kier alpha value is -2.78. The lowest BCUT2D eigenvalue weighted by Crippen LogP contribution is -2.45. The van der Waals surface area contributed by atoms with Crippen LogP contribution in [0, 0.1) is 0 Å². The van der Waals surface area contributed by atoms with Gasteiger partial charge in [0.25, 0.3) is 0 Å². The Morgan fingerprint density at radius 1 is 1.16 bits per heavy atom. The number of imidazole rings is 1. The molecule has 0 unspecified atom stereocenters. The Labute approximate surface area is 188 Å². The molecule has 3 aromatic rings. The van der Waals surface area contributed by atoms with E-state index in [2.05, 4.69) is 10.3 Å². The SMILES string of the molecule is Cn1ccnc1Sc1ccc(NC(=O)C2(c3cccc(C(F)(F)F)c3)CCOCC2)cc1.